The van der Waals surface area contributed by atoms with Gasteiger partial charge in [-0.1, -0.05) is 12.1 Å². The van der Waals surface area contributed by atoms with E-state index in [0.717, 1.165) is 44.9 Å². The number of carbonyl (C=O) groups is 1. The molecule has 1 amide bonds. The van der Waals surface area contributed by atoms with Gasteiger partial charge in [0.05, 0.1) is 19.2 Å². The zero-order chi connectivity index (χ0) is 17.5. The summed E-state index contributed by atoms with van der Waals surface area (Å²) in [5, 5.41) is 0. The molecule has 24 heavy (non-hydrogen) atoms. The largest absolute Gasteiger partial charge is 0.383 e. The average Bonchev–Trinajstić information content (AvgIpc) is 2.60. The molecule has 1 unspecified atom stereocenters. The third kappa shape index (κ3) is 5.26. The van der Waals surface area contributed by atoms with Gasteiger partial charge in [-0.2, -0.15) is 0 Å². The van der Waals surface area contributed by atoms with Crippen LogP contribution in [0.4, 0.5) is 4.39 Å². The molecule has 1 aliphatic heterocycles. The van der Waals surface area contributed by atoms with Gasteiger partial charge in [0.2, 0.25) is 5.91 Å². The van der Waals surface area contributed by atoms with Crippen LogP contribution in [-0.2, 0) is 9.53 Å². The number of hydrogen-bond acceptors (Lipinski definition) is 4. The van der Waals surface area contributed by atoms with E-state index in [-0.39, 0.29) is 17.8 Å². The first kappa shape index (κ1) is 18.8. The normalized spacial score (nSPS) is 17.7. The third-order valence-electron chi connectivity index (χ3n) is 4.76. The van der Waals surface area contributed by atoms with Crippen LogP contribution in [0.3, 0.4) is 0 Å². The van der Waals surface area contributed by atoms with Gasteiger partial charge in [-0.05, 0) is 24.6 Å². The van der Waals surface area contributed by atoms with Gasteiger partial charge in [0.1, 0.15) is 5.82 Å². The Bertz CT molecular complexity index is 516. The molecule has 0 bridgehead atoms. The summed E-state index contributed by atoms with van der Waals surface area (Å²) < 4.78 is 18.1. The minimum absolute atomic E-state index is 0.0684. The number of amides is 1. The van der Waals surface area contributed by atoms with Crippen molar-refractivity contribution >= 4 is 5.91 Å². The molecule has 134 valence electrons. The van der Waals surface area contributed by atoms with Crippen LogP contribution < -0.4 is 0 Å². The second-order valence-electron chi connectivity index (χ2n) is 6.34. The molecule has 6 heteroatoms. The second kappa shape index (κ2) is 9.11. The zero-order valence-electron chi connectivity index (χ0n) is 14.9. The molecule has 0 spiro atoms. The van der Waals surface area contributed by atoms with E-state index in [4.69, 9.17) is 4.74 Å². The van der Waals surface area contributed by atoms with Crippen LogP contribution >= 0.6 is 0 Å². The predicted molar refractivity (Wildman–Crippen MR) is 92.3 cm³/mol. The van der Waals surface area contributed by atoms with Crippen molar-refractivity contribution in [3.63, 3.8) is 0 Å². The Morgan fingerprint density at radius 1 is 1.21 bits per heavy atom. The number of benzene rings is 1. The monoisotopic (exact) mass is 337 g/mol. The van der Waals surface area contributed by atoms with Gasteiger partial charge in [-0.25, -0.2) is 4.39 Å². The number of methoxy groups -OCH3 is 1. The van der Waals surface area contributed by atoms with Crippen molar-refractivity contribution in [2.45, 2.75) is 13.0 Å². The van der Waals surface area contributed by atoms with Crippen molar-refractivity contribution in [2.75, 3.05) is 60.0 Å². The van der Waals surface area contributed by atoms with Gasteiger partial charge < -0.3 is 9.64 Å². The lowest BCUT2D eigenvalue weighted by Gasteiger charge is -2.35. The molecule has 0 radical (unpaired) electrons. The molecule has 1 atom stereocenters. The highest BCUT2D eigenvalue weighted by Crippen LogP contribution is 2.19. The minimum Gasteiger partial charge on any atom is -0.383 e. The Balaban J connectivity index is 1.80. The van der Waals surface area contributed by atoms with E-state index in [1.807, 2.05) is 14.0 Å². The number of nitrogens with zero attached hydrogens (tertiary/aromatic N) is 3. The maximum absolute atomic E-state index is 13.0. The summed E-state index contributed by atoms with van der Waals surface area (Å²) >= 11 is 0. The lowest BCUT2D eigenvalue weighted by atomic mass is 10.1. The van der Waals surface area contributed by atoms with Gasteiger partial charge >= 0.3 is 0 Å². The van der Waals surface area contributed by atoms with Gasteiger partial charge in [0, 0.05) is 46.9 Å². The molecule has 1 heterocycles. The molecule has 1 aliphatic rings. The first-order chi connectivity index (χ1) is 11.5. The van der Waals surface area contributed by atoms with Crippen molar-refractivity contribution in [2.24, 2.45) is 0 Å². The van der Waals surface area contributed by atoms with E-state index in [0.29, 0.717) is 6.54 Å². The van der Waals surface area contributed by atoms with Crippen molar-refractivity contribution in [1.29, 1.82) is 0 Å². The summed E-state index contributed by atoms with van der Waals surface area (Å²) in [6.45, 7) is 7.81. The molecule has 0 aliphatic carbocycles. The van der Waals surface area contributed by atoms with Crippen LogP contribution in [0.15, 0.2) is 24.3 Å². The van der Waals surface area contributed by atoms with Crippen molar-refractivity contribution < 1.29 is 13.9 Å². The molecule has 1 fully saturated rings. The fourth-order valence-corrected chi connectivity index (χ4v) is 2.88. The topological polar surface area (TPSA) is 36.0 Å². The summed E-state index contributed by atoms with van der Waals surface area (Å²) in [6.07, 6.45) is 0. The molecule has 5 nitrogen and oxygen atoms in total. The molecule has 0 saturated carbocycles. The van der Waals surface area contributed by atoms with Gasteiger partial charge in [0.25, 0.3) is 0 Å². The standard InChI is InChI=1S/C18H28FN3O2/c1-15(16-4-6-17(19)7-5-16)20(2)18(23)14-22-10-8-21(9-11-22)12-13-24-3/h4-7,15H,8-14H2,1-3H3. The molecule has 2 rings (SSSR count). The number of piperazine rings is 1. The fraction of sp³-hybridized carbons (Fsp3) is 0.611. The SMILES string of the molecule is COCCN1CCN(CC(=O)N(C)C(C)c2ccc(F)cc2)CC1. The maximum atomic E-state index is 13.0. The molecule has 0 N–H and O–H groups in total. The summed E-state index contributed by atoms with van der Waals surface area (Å²) in [6, 6.07) is 6.27. The van der Waals surface area contributed by atoms with E-state index in [9.17, 15) is 9.18 Å². The van der Waals surface area contributed by atoms with Crippen LogP contribution in [0, 0.1) is 5.82 Å². The highest BCUT2D eigenvalue weighted by molar-refractivity contribution is 5.78. The molecule has 0 aromatic heterocycles. The Labute approximate surface area is 144 Å². The van der Waals surface area contributed by atoms with Crippen LogP contribution in [-0.4, -0.2) is 80.6 Å². The fourth-order valence-electron chi connectivity index (χ4n) is 2.88. The van der Waals surface area contributed by atoms with Crippen molar-refractivity contribution in [3.8, 4) is 0 Å². The van der Waals surface area contributed by atoms with E-state index < -0.39 is 0 Å². The Morgan fingerprint density at radius 3 is 2.38 bits per heavy atom. The van der Waals surface area contributed by atoms with E-state index in [2.05, 4.69) is 9.80 Å². The highest BCUT2D eigenvalue weighted by Gasteiger charge is 2.22. The Kier molecular flexibility index (Phi) is 7.15. The summed E-state index contributed by atoms with van der Waals surface area (Å²) in [4.78, 5) is 18.8. The summed E-state index contributed by atoms with van der Waals surface area (Å²) in [7, 11) is 3.53. The second-order valence-corrected chi connectivity index (χ2v) is 6.34. The predicted octanol–water partition coefficient (Wildman–Crippen LogP) is 1.61. The third-order valence-corrected chi connectivity index (χ3v) is 4.76. The number of hydrogen-bond donors (Lipinski definition) is 0. The molecule has 1 aromatic carbocycles. The van der Waals surface area contributed by atoms with Gasteiger partial charge in [-0.3, -0.25) is 14.6 Å². The first-order valence-electron chi connectivity index (χ1n) is 8.46. The summed E-state index contributed by atoms with van der Waals surface area (Å²) in [5.74, 6) is -0.163. The number of likely N-dealkylation sites (N-methyl/N-ethyl adjacent to an activating group) is 1. The average molecular weight is 337 g/mol. The number of rotatable bonds is 7. The van der Waals surface area contributed by atoms with Crippen LogP contribution in [0.5, 0.6) is 0 Å². The van der Waals surface area contributed by atoms with E-state index >= 15 is 0 Å². The Morgan fingerprint density at radius 2 is 1.79 bits per heavy atom. The molecular weight excluding hydrogens is 309 g/mol. The van der Waals surface area contributed by atoms with Crippen molar-refractivity contribution in [3.05, 3.63) is 35.6 Å². The summed E-state index contributed by atoms with van der Waals surface area (Å²) in [5.41, 5.74) is 0.941. The lowest BCUT2D eigenvalue weighted by Crippen LogP contribution is -2.50. The minimum atomic E-state index is -0.258. The molecule has 1 aromatic rings. The number of carbonyl (C=O) groups excluding carboxylic acids is 1. The number of halogens is 1. The van der Waals surface area contributed by atoms with Gasteiger partial charge in [0.15, 0.2) is 0 Å². The smallest absolute Gasteiger partial charge is 0.236 e. The van der Waals surface area contributed by atoms with Crippen LogP contribution in [0.1, 0.15) is 18.5 Å². The van der Waals surface area contributed by atoms with Crippen LogP contribution in [0.25, 0.3) is 0 Å². The molecular formula is C18H28FN3O2. The maximum Gasteiger partial charge on any atom is 0.236 e. The Hall–Kier alpha value is -1.50. The highest BCUT2D eigenvalue weighted by atomic mass is 19.1. The lowest BCUT2D eigenvalue weighted by molar-refractivity contribution is -0.133. The molecule has 1 saturated heterocycles. The van der Waals surface area contributed by atoms with Crippen molar-refractivity contribution in [1.82, 2.24) is 14.7 Å². The van der Waals surface area contributed by atoms with E-state index in [1.54, 1.807) is 24.1 Å². The first-order valence-corrected chi connectivity index (χ1v) is 8.46. The zero-order valence-corrected chi connectivity index (χ0v) is 14.9. The van der Waals surface area contributed by atoms with Gasteiger partial charge in [-0.15, -0.1) is 0 Å². The number of ether oxygens (including phenoxy) is 1. The van der Waals surface area contributed by atoms with Crippen LogP contribution in [0.2, 0.25) is 0 Å². The van der Waals surface area contributed by atoms with E-state index in [1.165, 1.54) is 12.1 Å². The quantitative estimate of drug-likeness (QED) is 0.757.